The number of carbonyl (C=O) groups excluding carboxylic acids is 1. The van der Waals surface area contributed by atoms with E-state index >= 15 is 0 Å². The molecule has 0 aliphatic heterocycles. The van der Waals surface area contributed by atoms with Gasteiger partial charge >= 0.3 is 0 Å². The van der Waals surface area contributed by atoms with Gasteiger partial charge in [-0.15, -0.1) is 11.8 Å². The van der Waals surface area contributed by atoms with Crippen molar-refractivity contribution in [3.8, 4) is 0 Å². The fraction of sp³-hybridized carbons (Fsp3) is 0.417. The maximum Gasteiger partial charge on any atom is 0.239 e. The van der Waals surface area contributed by atoms with Crippen LogP contribution in [-0.4, -0.2) is 21.5 Å². The molecule has 1 amide bonds. The first kappa shape index (κ1) is 13.7. The van der Waals surface area contributed by atoms with Gasteiger partial charge < -0.3 is 9.05 Å². The van der Waals surface area contributed by atoms with Crippen LogP contribution in [0.2, 0.25) is 0 Å². The van der Waals surface area contributed by atoms with Crippen LogP contribution in [0, 0.1) is 13.8 Å². The van der Waals surface area contributed by atoms with E-state index in [1.165, 1.54) is 11.8 Å². The number of nitrogens with zero attached hydrogens (tertiary/aromatic N) is 2. The molecule has 0 aromatic carbocycles. The Morgan fingerprint density at radius 1 is 1.32 bits per heavy atom. The lowest BCUT2D eigenvalue weighted by Crippen LogP contribution is -2.22. The average molecular weight is 281 g/mol. The highest BCUT2D eigenvalue weighted by atomic mass is 32.2. The van der Waals surface area contributed by atoms with E-state index in [0.29, 0.717) is 11.6 Å². The molecule has 0 fully saturated rings. The Kier molecular flexibility index (Phi) is 4.26. The van der Waals surface area contributed by atoms with Crippen LogP contribution in [0.15, 0.2) is 21.2 Å². The van der Waals surface area contributed by atoms with Gasteiger partial charge in [0.2, 0.25) is 11.8 Å². The number of hydrogen-bond donors (Lipinski definition) is 1. The number of aryl methyl sites for hydroxylation is 2. The third-order valence-corrected chi connectivity index (χ3v) is 3.56. The van der Waals surface area contributed by atoms with Crippen molar-refractivity contribution < 1.29 is 13.8 Å². The van der Waals surface area contributed by atoms with Crippen molar-refractivity contribution >= 4 is 23.6 Å². The highest BCUT2D eigenvalue weighted by molar-refractivity contribution is 7.99. The smallest absolute Gasteiger partial charge is 0.239 e. The predicted octanol–water partition coefficient (Wildman–Crippen LogP) is 2.54. The van der Waals surface area contributed by atoms with Crippen molar-refractivity contribution in [1.29, 1.82) is 0 Å². The molecule has 1 atom stereocenters. The molecule has 6 nitrogen and oxygen atoms in total. The Balaban J connectivity index is 1.82. The molecule has 102 valence electrons. The van der Waals surface area contributed by atoms with Gasteiger partial charge in [0.05, 0.1) is 22.4 Å². The molecule has 0 radical (unpaired) electrons. The van der Waals surface area contributed by atoms with Crippen LogP contribution < -0.4 is 5.32 Å². The Labute approximate surface area is 114 Å². The van der Waals surface area contributed by atoms with Crippen molar-refractivity contribution in [1.82, 2.24) is 10.3 Å². The number of rotatable bonds is 5. The third kappa shape index (κ3) is 3.85. The lowest BCUT2D eigenvalue weighted by molar-refractivity contribution is -0.115. The number of hydrogen-bond acceptors (Lipinski definition) is 6. The quantitative estimate of drug-likeness (QED) is 0.907. The van der Waals surface area contributed by atoms with Crippen LogP contribution in [-0.2, 0) is 10.5 Å². The largest absolute Gasteiger partial charge is 0.360 e. The summed E-state index contributed by atoms with van der Waals surface area (Å²) in [5, 5.41) is 9.95. The van der Waals surface area contributed by atoms with Gasteiger partial charge in [0.25, 0.3) is 0 Å². The maximum atomic E-state index is 11.9. The summed E-state index contributed by atoms with van der Waals surface area (Å²) in [7, 11) is 0. The molecule has 1 N–H and O–H groups in total. The van der Waals surface area contributed by atoms with Gasteiger partial charge in [-0.25, -0.2) is 0 Å². The molecule has 0 aliphatic carbocycles. The SMILES string of the molecule is Cc1cc(CSC(C)C(=O)Nc2cc(C)no2)on1. The number of aromatic nitrogens is 2. The highest BCUT2D eigenvalue weighted by Gasteiger charge is 2.16. The van der Waals surface area contributed by atoms with E-state index in [-0.39, 0.29) is 11.2 Å². The highest BCUT2D eigenvalue weighted by Crippen LogP contribution is 2.20. The summed E-state index contributed by atoms with van der Waals surface area (Å²) < 4.78 is 10.0. The monoisotopic (exact) mass is 281 g/mol. The van der Waals surface area contributed by atoms with Gasteiger partial charge in [-0.2, -0.15) is 0 Å². The average Bonchev–Trinajstić information content (AvgIpc) is 2.95. The molecule has 7 heteroatoms. The molecule has 0 aliphatic rings. The van der Waals surface area contributed by atoms with Crippen LogP contribution >= 0.6 is 11.8 Å². The summed E-state index contributed by atoms with van der Waals surface area (Å²) in [4.78, 5) is 11.9. The summed E-state index contributed by atoms with van der Waals surface area (Å²) >= 11 is 1.47. The minimum atomic E-state index is -0.226. The van der Waals surface area contributed by atoms with E-state index in [4.69, 9.17) is 9.05 Å². The van der Waals surface area contributed by atoms with Gasteiger partial charge in [0.15, 0.2) is 0 Å². The first-order valence-electron chi connectivity index (χ1n) is 5.82. The topological polar surface area (TPSA) is 81.2 Å². The second-order valence-electron chi connectivity index (χ2n) is 4.21. The van der Waals surface area contributed by atoms with Crippen molar-refractivity contribution in [3.63, 3.8) is 0 Å². The lowest BCUT2D eigenvalue weighted by Gasteiger charge is -2.08. The number of amides is 1. The Hall–Kier alpha value is -1.76. The van der Waals surface area contributed by atoms with Gasteiger partial charge in [-0.05, 0) is 20.8 Å². The van der Waals surface area contributed by atoms with Crippen LogP contribution in [0.3, 0.4) is 0 Å². The van der Waals surface area contributed by atoms with E-state index < -0.39 is 0 Å². The number of nitrogens with one attached hydrogen (secondary N) is 1. The Bertz CT molecular complexity index is 564. The van der Waals surface area contributed by atoms with Crippen molar-refractivity contribution in [2.45, 2.75) is 31.8 Å². The van der Waals surface area contributed by atoms with Crippen LogP contribution in [0.1, 0.15) is 24.1 Å². The zero-order valence-corrected chi connectivity index (χ0v) is 11.8. The zero-order valence-electron chi connectivity index (χ0n) is 11.0. The molecule has 19 heavy (non-hydrogen) atoms. The number of anilines is 1. The summed E-state index contributed by atoms with van der Waals surface area (Å²) in [6.07, 6.45) is 0. The molecular formula is C12H15N3O3S. The maximum absolute atomic E-state index is 11.9. The second-order valence-corrected chi connectivity index (χ2v) is 5.54. The minimum Gasteiger partial charge on any atom is -0.360 e. The fourth-order valence-corrected chi connectivity index (χ4v) is 2.17. The number of thioether (sulfide) groups is 1. The summed E-state index contributed by atoms with van der Waals surface area (Å²) in [5.74, 6) is 1.60. The molecule has 2 aromatic rings. The first-order chi connectivity index (χ1) is 9.04. The molecular weight excluding hydrogens is 266 g/mol. The van der Waals surface area contributed by atoms with Crippen LogP contribution in [0.25, 0.3) is 0 Å². The standard InChI is InChI=1S/C12H15N3O3S/c1-7-4-10(17-14-7)6-19-9(3)12(16)13-11-5-8(2)15-18-11/h4-5,9H,6H2,1-3H3,(H,13,16). The van der Waals surface area contributed by atoms with Gasteiger partial charge in [-0.1, -0.05) is 10.3 Å². The normalized spacial score (nSPS) is 12.4. The lowest BCUT2D eigenvalue weighted by atomic mass is 10.4. The van der Waals surface area contributed by atoms with Crippen molar-refractivity contribution in [2.75, 3.05) is 5.32 Å². The summed E-state index contributed by atoms with van der Waals surface area (Å²) in [6, 6.07) is 3.53. The predicted molar refractivity (Wildman–Crippen MR) is 71.9 cm³/mol. The zero-order chi connectivity index (χ0) is 13.8. The first-order valence-corrected chi connectivity index (χ1v) is 6.87. The molecule has 1 unspecified atom stereocenters. The van der Waals surface area contributed by atoms with E-state index in [1.807, 2.05) is 19.9 Å². The molecule has 2 aromatic heterocycles. The van der Waals surface area contributed by atoms with E-state index in [0.717, 1.165) is 17.1 Å². The Morgan fingerprint density at radius 2 is 2.00 bits per heavy atom. The molecule has 0 spiro atoms. The van der Waals surface area contributed by atoms with Gasteiger partial charge in [0, 0.05) is 12.1 Å². The summed E-state index contributed by atoms with van der Waals surface area (Å²) in [5.41, 5.74) is 1.57. The third-order valence-electron chi connectivity index (χ3n) is 2.40. The van der Waals surface area contributed by atoms with Crippen molar-refractivity contribution in [2.24, 2.45) is 0 Å². The molecule has 0 saturated heterocycles. The van der Waals surface area contributed by atoms with E-state index in [2.05, 4.69) is 15.6 Å². The van der Waals surface area contributed by atoms with Crippen molar-refractivity contribution in [3.05, 3.63) is 29.3 Å². The van der Waals surface area contributed by atoms with Crippen LogP contribution in [0.4, 0.5) is 5.88 Å². The van der Waals surface area contributed by atoms with Gasteiger partial charge in [0.1, 0.15) is 5.76 Å². The second kappa shape index (κ2) is 5.92. The van der Waals surface area contributed by atoms with Gasteiger partial charge in [-0.3, -0.25) is 10.1 Å². The van der Waals surface area contributed by atoms with Crippen LogP contribution in [0.5, 0.6) is 0 Å². The fourth-order valence-electron chi connectivity index (χ4n) is 1.41. The molecule has 2 rings (SSSR count). The molecule has 0 saturated carbocycles. The number of carbonyl (C=O) groups is 1. The van der Waals surface area contributed by atoms with E-state index in [1.54, 1.807) is 13.0 Å². The minimum absolute atomic E-state index is 0.127. The molecule has 0 bridgehead atoms. The van der Waals surface area contributed by atoms with E-state index in [9.17, 15) is 4.79 Å². The summed E-state index contributed by atoms with van der Waals surface area (Å²) in [6.45, 7) is 5.48. The molecule has 2 heterocycles. The Morgan fingerprint density at radius 3 is 2.58 bits per heavy atom.